The van der Waals surface area contributed by atoms with Gasteiger partial charge in [-0.05, 0) is 29.5 Å². The first-order valence-corrected chi connectivity index (χ1v) is 8.39. The van der Waals surface area contributed by atoms with Crippen molar-refractivity contribution in [2.75, 3.05) is 16.8 Å². The summed E-state index contributed by atoms with van der Waals surface area (Å²) < 4.78 is 0.812. The van der Waals surface area contributed by atoms with E-state index in [0.717, 1.165) is 15.5 Å². The molecule has 0 radical (unpaired) electrons. The number of nitrogens with zero attached hydrogens (tertiary/aromatic N) is 1. The lowest BCUT2D eigenvalue weighted by molar-refractivity contribution is -0.114. The van der Waals surface area contributed by atoms with Crippen molar-refractivity contribution >= 4 is 49.2 Å². The van der Waals surface area contributed by atoms with Crippen LogP contribution in [0.5, 0.6) is 0 Å². The Labute approximate surface area is 136 Å². The number of carbonyl (C=O) groups is 2. The van der Waals surface area contributed by atoms with Crippen LogP contribution in [0.25, 0.3) is 0 Å². The van der Waals surface area contributed by atoms with E-state index in [1.54, 1.807) is 11.0 Å². The van der Waals surface area contributed by atoms with E-state index in [1.165, 1.54) is 0 Å². The summed E-state index contributed by atoms with van der Waals surface area (Å²) in [5, 5.41) is 0.792. The van der Waals surface area contributed by atoms with Crippen LogP contribution in [0, 0.1) is 11.3 Å². The quantitative estimate of drug-likeness (QED) is 0.565. The number of fused-ring (bicyclic) bond motifs is 1. The standard InChI is InChI=1S/C15H17Br2NO2/c1-15(2,3)9(7-16)8-18-12-5-4-10(17)6-11(12)13(19)14(18)20/h4-6,9H,7-8H2,1-3H3. The Morgan fingerprint density at radius 2 is 1.90 bits per heavy atom. The fourth-order valence-corrected chi connectivity index (χ4v) is 3.77. The molecule has 1 unspecified atom stereocenters. The van der Waals surface area contributed by atoms with E-state index >= 15 is 0 Å². The highest BCUT2D eigenvalue weighted by atomic mass is 79.9. The summed E-state index contributed by atoms with van der Waals surface area (Å²) in [6.07, 6.45) is 0. The van der Waals surface area contributed by atoms with Crippen LogP contribution < -0.4 is 4.90 Å². The number of ketones is 1. The molecule has 0 aromatic heterocycles. The summed E-state index contributed by atoms with van der Waals surface area (Å²) in [5.41, 5.74) is 1.27. The molecule has 0 N–H and O–H groups in total. The van der Waals surface area contributed by atoms with E-state index in [4.69, 9.17) is 0 Å². The highest BCUT2D eigenvalue weighted by molar-refractivity contribution is 9.10. The van der Waals surface area contributed by atoms with Crippen LogP contribution in [-0.4, -0.2) is 23.6 Å². The maximum atomic E-state index is 12.2. The molecular weight excluding hydrogens is 386 g/mol. The first-order valence-electron chi connectivity index (χ1n) is 6.47. The van der Waals surface area contributed by atoms with Crippen LogP contribution in [-0.2, 0) is 4.79 Å². The second-order valence-corrected chi connectivity index (χ2v) is 7.69. The lowest BCUT2D eigenvalue weighted by Gasteiger charge is -2.32. The molecule has 0 spiro atoms. The molecule has 1 aromatic rings. The molecule has 3 nitrogen and oxygen atoms in total. The molecule has 108 valence electrons. The first-order chi connectivity index (χ1) is 9.25. The van der Waals surface area contributed by atoms with Crippen LogP contribution in [0.15, 0.2) is 22.7 Å². The Bertz CT molecular complexity index is 563. The number of anilines is 1. The summed E-state index contributed by atoms with van der Waals surface area (Å²) in [7, 11) is 0. The molecule has 5 heteroatoms. The van der Waals surface area contributed by atoms with E-state index in [2.05, 4.69) is 52.6 Å². The van der Waals surface area contributed by atoms with Crippen molar-refractivity contribution in [3.05, 3.63) is 28.2 Å². The number of benzene rings is 1. The fourth-order valence-electron chi connectivity index (χ4n) is 2.23. The molecule has 0 saturated heterocycles. The number of rotatable bonds is 3. The Morgan fingerprint density at radius 3 is 2.45 bits per heavy atom. The molecule has 1 aliphatic heterocycles. The van der Waals surface area contributed by atoms with Crippen molar-refractivity contribution in [1.29, 1.82) is 0 Å². The van der Waals surface area contributed by atoms with E-state index in [1.807, 2.05) is 12.1 Å². The maximum absolute atomic E-state index is 12.2. The highest BCUT2D eigenvalue weighted by Crippen LogP contribution is 2.35. The van der Waals surface area contributed by atoms with E-state index in [0.29, 0.717) is 12.1 Å². The second kappa shape index (κ2) is 5.60. The minimum atomic E-state index is -0.423. The zero-order valence-corrected chi connectivity index (χ0v) is 14.9. The Balaban J connectivity index is 2.35. The molecule has 0 saturated carbocycles. The topological polar surface area (TPSA) is 37.4 Å². The van der Waals surface area contributed by atoms with Crippen LogP contribution in [0.2, 0.25) is 0 Å². The molecule has 1 heterocycles. The maximum Gasteiger partial charge on any atom is 0.299 e. The van der Waals surface area contributed by atoms with Crippen LogP contribution in [0.4, 0.5) is 5.69 Å². The number of halogens is 2. The van der Waals surface area contributed by atoms with E-state index in [9.17, 15) is 9.59 Å². The predicted molar refractivity (Wildman–Crippen MR) is 87.6 cm³/mol. The zero-order valence-electron chi connectivity index (χ0n) is 11.7. The van der Waals surface area contributed by atoms with Crippen molar-refractivity contribution in [2.24, 2.45) is 11.3 Å². The van der Waals surface area contributed by atoms with Crippen LogP contribution in [0.1, 0.15) is 31.1 Å². The molecule has 0 aliphatic carbocycles. The Kier molecular flexibility index (Phi) is 4.40. The first kappa shape index (κ1) is 15.7. The molecule has 0 fully saturated rings. The summed E-state index contributed by atoms with van der Waals surface area (Å²) in [6.45, 7) is 6.98. The lowest BCUT2D eigenvalue weighted by Crippen LogP contribution is -2.39. The molecule has 1 aliphatic rings. The van der Waals surface area contributed by atoms with Gasteiger partial charge in [-0.3, -0.25) is 9.59 Å². The highest BCUT2D eigenvalue weighted by Gasteiger charge is 2.38. The van der Waals surface area contributed by atoms with Gasteiger partial charge >= 0.3 is 0 Å². The van der Waals surface area contributed by atoms with Gasteiger partial charge in [0.15, 0.2) is 0 Å². The fraction of sp³-hybridized carbons (Fsp3) is 0.467. The van der Waals surface area contributed by atoms with Gasteiger partial charge in [0.25, 0.3) is 11.7 Å². The van der Waals surface area contributed by atoms with Crippen LogP contribution in [0.3, 0.4) is 0 Å². The molecule has 1 atom stereocenters. The number of hydrogen-bond donors (Lipinski definition) is 0. The van der Waals surface area contributed by atoms with Gasteiger partial charge in [-0.25, -0.2) is 0 Å². The number of carbonyl (C=O) groups excluding carboxylic acids is 2. The van der Waals surface area contributed by atoms with Crippen molar-refractivity contribution < 1.29 is 9.59 Å². The number of amides is 1. The van der Waals surface area contributed by atoms with Gasteiger partial charge in [-0.2, -0.15) is 0 Å². The Hall–Kier alpha value is -0.680. The van der Waals surface area contributed by atoms with Gasteiger partial charge in [0.05, 0.1) is 11.3 Å². The average molecular weight is 403 g/mol. The smallest absolute Gasteiger partial charge is 0.299 e. The largest absolute Gasteiger partial charge is 0.304 e. The molecular formula is C15H17Br2NO2. The number of Topliss-reactive ketones (excluding diaryl/α,β-unsaturated/α-hetero) is 1. The SMILES string of the molecule is CC(C)(C)C(CBr)CN1C(=O)C(=O)c2cc(Br)ccc21. The molecule has 1 amide bonds. The minimum Gasteiger partial charge on any atom is -0.304 e. The second-order valence-electron chi connectivity index (χ2n) is 6.12. The van der Waals surface area contributed by atoms with Gasteiger partial charge in [0, 0.05) is 16.3 Å². The molecule has 0 bridgehead atoms. The monoisotopic (exact) mass is 401 g/mol. The lowest BCUT2D eigenvalue weighted by atomic mass is 9.82. The van der Waals surface area contributed by atoms with Crippen molar-refractivity contribution in [3.63, 3.8) is 0 Å². The van der Waals surface area contributed by atoms with Gasteiger partial charge < -0.3 is 4.90 Å². The number of hydrogen-bond acceptors (Lipinski definition) is 2. The molecule has 2 rings (SSSR count). The summed E-state index contributed by atoms with van der Waals surface area (Å²) in [5.74, 6) is -0.564. The van der Waals surface area contributed by atoms with Gasteiger partial charge in [0.1, 0.15) is 0 Å². The average Bonchev–Trinajstić information content (AvgIpc) is 2.58. The molecule has 1 aromatic carbocycles. The third-order valence-corrected chi connectivity index (χ3v) is 5.02. The van der Waals surface area contributed by atoms with Crippen molar-refractivity contribution in [2.45, 2.75) is 20.8 Å². The van der Waals surface area contributed by atoms with E-state index in [-0.39, 0.29) is 11.3 Å². The van der Waals surface area contributed by atoms with Gasteiger partial charge in [-0.15, -0.1) is 0 Å². The third kappa shape index (κ3) is 2.84. The summed E-state index contributed by atoms with van der Waals surface area (Å²) in [4.78, 5) is 25.9. The van der Waals surface area contributed by atoms with Gasteiger partial charge in [0.2, 0.25) is 0 Å². The number of alkyl halides is 1. The summed E-state index contributed by atoms with van der Waals surface area (Å²) in [6, 6.07) is 5.41. The normalized spacial score (nSPS) is 16.6. The van der Waals surface area contributed by atoms with E-state index < -0.39 is 11.7 Å². The minimum absolute atomic E-state index is 0.0605. The Morgan fingerprint density at radius 1 is 1.25 bits per heavy atom. The van der Waals surface area contributed by atoms with Gasteiger partial charge in [-0.1, -0.05) is 52.6 Å². The molecule has 20 heavy (non-hydrogen) atoms. The summed E-state index contributed by atoms with van der Waals surface area (Å²) >= 11 is 6.85. The predicted octanol–water partition coefficient (Wildman–Crippen LogP) is 4.04. The van der Waals surface area contributed by atoms with Crippen molar-refractivity contribution in [3.8, 4) is 0 Å². The van der Waals surface area contributed by atoms with Crippen molar-refractivity contribution in [1.82, 2.24) is 0 Å². The van der Waals surface area contributed by atoms with Crippen LogP contribution >= 0.6 is 31.9 Å². The zero-order chi connectivity index (χ0) is 15.1. The third-order valence-electron chi connectivity index (χ3n) is 3.75.